The maximum Gasteiger partial charge on any atom is 0.324 e. The number of nitriles is 1. The summed E-state index contributed by atoms with van der Waals surface area (Å²) in [6, 6.07) is 1.96. The molecule has 0 aromatic carbocycles. The summed E-state index contributed by atoms with van der Waals surface area (Å²) in [4.78, 5) is 22.2. The average Bonchev–Trinajstić information content (AvgIpc) is 2.31. The maximum atomic E-state index is 11.3. The van der Waals surface area contributed by atoms with Crippen LogP contribution >= 0.6 is 0 Å². The number of hydrogen-bond donors (Lipinski definition) is 0. The van der Waals surface area contributed by atoms with Gasteiger partial charge in [-0.15, -0.1) is 0 Å². The minimum Gasteiger partial charge on any atom is -0.458 e. The quantitative estimate of drug-likeness (QED) is 0.660. The highest BCUT2D eigenvalue weighted by Gasteiger charge is 2.49. The molecule has 1 rings (SSSR count). The van der Waals surface area contributed by atoms with E-state index in [0.29, 0.717) is 12.8 Å². The summed E-state index contributed by atoms with van der Waals surface area (Å²) in [5.74, 6) is -1.30. The standard InChI is InChI=1S/C11H15NO3/c1-7(13)4-5-9-8(6-12)10(14)15-11(9,2)3/h8-9H,4-5H2,1-3H3. The van der Waals surface area contributed by atoms with Crippen LogP contribution in [0.4, 0.5) is 0 Å². The van der Waals surface area contributed by atoms with Crippen LogP contribution in [0.2, 0.25) is 0 Å². The first-order chi connectivity index (χ1) is 6.88. The van der Waals surface area contributed by atoms with Gasteiger partial charge < -0.3 is 9.53 Å². The van der Waals surface area contributed by atoms with Crippen LogP contribution in [0.25, 0.3) is 0 Å². The highest BCUT2D eigenvalue weighted by Crippen LogP contribution is 2.39. The molecule has 0 N–H and O–H groups in total. The fourth-order valence-electron chi connectivity index (χ4n) is 1.98. The summed E-state index contributed by atoms with van der Waals surface area (Å²) in [5, 5.41) is 8.87. The van der Waals surface area contributed by atoms with E-state index < -0.39 is 17.5 Å². The molecule has 2 atom stereocenters. The van der Waals surface area contributed by atoms with Gasteiger partial charge in [0.05, 0.1) is 6.07 Å². The molecule has 0 bridgehead atoms. The summed E-state index contributed by atoms with van der Waals surface area (Å²) in [6.45, 7) is 5.08. The number of ether oxygens (including phenoxy) is 1. The lowest BCUT2D eigenvalue weighted by molar-refractivity contribution is -0.147. The van der Waals surface area contributed by atoms with Crippen molar-refractivity contribution in [2.75, 3.05) is 0 Å². The predicted octanol–water partition coefficient (Wildman–Crippen LogP) is 1.45. The van der Waals surface area contributed by atoms with Gasteiger partial charge in [-0.1, -0.05) is 0 Å². The first-order valence-electron chi connectivity index (χ1n) is 5.00. The molecule has 0 radical (unpaired) electrons. The highest BCUT2D eigenvalue weighted by molar-refractivity contribution is 5.79. The number of cyclic esters (lactones) is 1. The van der Waals surface area contributed by atoms with Crippen LogP contribution in [0.1, 0.15) is 33.6 Å². The van der Waals surface area contributed by atoms with Gasteiger partial charge in [0, 0.05) is 12.3 Å². The zero-order valence-corrected chi connectivity index (χ0v) is 9.24. The molecule has 0 spiro atoms. The van der Waals surface area contributed by atoms with Crippen molar-refractivity contribution in [3.63, 3.8) is 0 Å². The van der Waals surface area contributed by atoms with Crippen molar-refractivity contribution < 1.29 is 14.3 Å². The first-order valence-corrected chi connectivity index (χ1v) is 5.00. The van der Waals surface area contributed by atoms with Crippen molar-refractivity contribution in [1.82, 2.24) is 0 Å². The van der Waals surface area contributed by atoms with E-state index in [1.54, 1.807) is 13.8 Å². The zero-order valence-electron chi connectivity index (χ0n) is 9.24. The van der Waals surface area contributed by atoms with Crippen molar-refractivity contribution >= 4 is 11.8 Å². The maximum absolute atomic E-state index is 11.3. The Hall–Kier alpha value is -1.37. The second-order valence-corrected chi connectivity index (χ2v) is 4.48. The molecule has 1 saturated heterocycles. The number of carbonyl (C=O) groups excluding carboxylic acids is 2. The molecule has 1 fully saturated rings. The zero-order chi connectivity index (χ0) is 11.6. The number of hydrogen-bond acceptors (Lipinski definition) is 4. The lowest BCUT2D eigenvalue weighted by atomic mass is 9.80. The Morgan fingerprint density at radius 2 is 2.20 bits per heavy atom. The molecular formula is C11H15NO3. The number of rotatable bonds is 3. The summed E-state index contributed by atoms with van der Waals surface area (Å²) >= 11 is 0. The molecule has 0 amide bonds. The Morgan fingerprint density at radius 3 is 2.67 bits per heavy atom. The Kier molecular flexibility index (Phi) is 3.13. The molecule has 2 unspecified atom stereocenters. The lowest BCUT2D eigenvalue weighted by Gasteiger charge is -2.24. The van der Waals surface area contributed by atoms with Gasteiger partial charge in [-0.3, -0.25) is 4.79 Å². The first kappa shape index (κ1) is 11.7. The fraction of sp³-hybridized carbons (Fsp3) is 0.727. The number of ketones is 1. The van der Waals surface area contributed by atoms with Crippen molar-refractivity contribution in [1.29, 1.82) is 5.26 Å². The van der Waals surface area contributed by atoms with Crippen LogP contribution < -0.4 is 0 Å². The number of carbonyl (C=O) groups is 2. The van der Waals surface area contributed by atoms with Gasteiger partial charge in [0.15, 0.2) is 5.92 Å². The molecule has 1 aliphatic heterocycles. The molecule has 1 heterocycles. The van der Waals surface area contributed by atoms with E-state index in [1.807, 2.05) is 6.07 Å². The van der Waals surface area contributed by atoms with E-state index in [2.05, 4.69) is 0 Å². The summed E-state index contributed by atoms with van der Waals surface area (Å²) in [6.07, 6.45) is 0.926. The van der Waals surface area contributed by atoms with Gasteiger partial charge in [0.25, 0.3) is 0 Å². The van der Waals surface area contributed by atoms with Gasteiger partial charge in [-0.25, -0.2) is 0 Å². The number of nitrogens with zero attached hydrogens (tertiary/aromatic N) is 1. The Bertz CT molecular complexity index is 327. The van der Waals surface area contributed by atoms with E-state index in [1.165, 1.54) is 6.92 Å². The van der Waals surface area contributed by atoms with Gasteiger partial charge >= 0.3 is 5.97 Å². The predicted molar refractivity (Wildman–Crippen MR) is 52.7 cm³/mol. The van der Waals surface area contributed by atoms with E-state index in [-0.39, 0.29) is 11.7 Å². The third-order valence-corrected chi connectivity index (χ3v) is 2.86. The van der Waals surface area contributed by atoms with Gasteiger partial charge in [-0.05, 0) is 27.2 Å². The number of Topliss-reactive ketones (excluding diaryl/α,β-unsaturated/α-hetero) is 1. The fourth-order valence-corrected chi connectivity index (χ4v) is 1.98. The molecule has 4 nitrogen and oxygen atoms in total. The van der Waals surface area contributed by atoms with Crippen molar-refractivity contribution in [2.24, 2.45) is 11.8 Å². The van der Waals surface area contributed by atoms with Gasteiger partial charge in [0.2, 0.25) is 0 Å². The van der Waals surface area contributed by atoms with E-state index in [9.17, 15) is 9.59 Å². The highest BCUT2D eigenvalue weighted by atomic mass is 16.6. The van der Waals surface area contributed by atoms with Crippen LogP contribution in [-0.4, -0.2) is 17.4 Å². The normalized spacial score (nSPS) is 28.3. The van der Waals surface area contributed by atoms with Crippen molar-refractivity contribution in [3.8, 4) is 6.07 Å². The monoisotopic (exact) mass is 209 g/mol. The molecule has 0 aromatic rings. The SMILES string of the molecule is CC(=O)CCC1C(C#N)C(=O)OC1(C)C. The van der Waals surface area contributed by atoms with Crippen molar-refractivity contribution in [3.05, 3.63) is 0 Å². The van der Waals surface area contributed by atoms with Crippen LogP contribution in [0.3, 0.4) is 0 Å². The van der Waals surface area contributed by atoms with E-state index in [0.717, 1.165) is 0 Å². The van der Waals surface area contributed by atoms with Crippen LogP contribution in [0.15, 0.2) is 0 Å². The molecule has 0 aliphatic carbocycles. The number of esters is 1. The Morgan fingerprint density at radius 1 is 1.60 bits per heavy atom. The van der Waals surface area contributed by atoms with Crippen LogP contribution in [0.5, 0.6) is 0 Å². The Labute approximate surface area is 89.2 Å². The molecule has 1 aliphatic rings. The average molecular weight is 209 g/mol. The lowest BCUT2D eigenvalue weighted by Crippen LogP contribution is -2.30. The summed E-state index contributed by atoms with van der Waals surface area (Å²) in [7, 11) is 0. The molecule has 82 valence electrons. The largest absolute Gasteiger partial charge is 0.458 e. The van der Waals surface area contributed by atoms with E-state index >= 15 is 0 Å². The summed E-state index contributed by atoms with van der Waals surface area (Å²) in [5.41, 5.74) is -0.632. The van der Waals surface area contributed by atoms with E-state index in [4.69, 9.17) is 10.00 Å². The molecule has 0 aromatic heterocycles. The minimum absolute atomic E-state index is 0.0711. The third kappa shape index (κ3) is 2.35. The van der Waals surface area contributed by atoms with Gasteiger partial charge in [-0.2, -0.15) is 5.26 Å². The summed E-state index contributed by atoms with van der Waals surface area (Å²) < 4.78 is 5.12. The molecule has 15 heavy (non-hydrogen) atoms. The third-order valence-electron chi connectivity index (χ3n) is 2.86. The molecule has 4 heteroatoms. The molecular weight excluding hydrogens is 194 g/mol. The topological polar surface area (TPSA) is 67.2 Å². The second kappa shape index (κ2) is 4.01. The van der Waals surface area contributed by atoms with Crippen molar-refractivity contribution in [2.45, 2.75) is 39.2 Å². The minimum atomic E-state index is -0.723. The smallest absolute Gasteiger partial charge is 0.324 e. The molecule has 0 saturated carbocycles. The van der Waals surface area contributed by atoms with Gasteiger partial charge in [0.1, 0.15) is 11.4 Å². The van der Waals surface area contributed by atoms with Crippen LogP contribution in [-0.2, 0) is 14.3 Å². The second-order valence-electron chi connectivity index (χ2n) is 4.48. The van der Waals surface area contributed by atoms with Crippen LogP contribution in [0, 0.1) is 23.2 Å². The Balaban J connectivity index is 2.78.